The van der Waals surface area contributed by atoms with Crippen molar-refractivity contribution in [2.24, 2.45) is 17.6 Å². The number of carbonyl (C=O) groups excluding carboxylic acids is 9. The highest BCUT2D eigenvalue weighted by molar-refractivity contribution is 7.18. The van der Waals surface area contributed by atoms with Crippen molar-refractivity contribution in [3.63, 3.8) is 0 Å². The Bertz CT molecular complexity index is 3580. The number of primary amides is 1. The molecular formula is C70H96N12O18S. The second-order valence-corrected chi connectivity index (χ2v) is 29.2. The Morgan fingerprint density at radius 3 is 2.07 bits per heavy atom. The van der Waals surface area contributed by atoms with Gasteiger partial charge in [-0.3, -0.25) is 43.3 Å². The number of carbonyl (C=O) groups is 9. The lowest BCUT2D eigenvalue weighted by molar-refractivity contribution is -0.147. The van der Waals surface area contributed by atoms with Crippen LogP contribution >= 0.6 is 11.3 Å². The minimum atomic E-state index is -2.20. The average molecular weight is 1430 g/mol. The number of thiazole rings is 1. The molecule has 9 amide bonds. The van der Waals surface area contributed by atoms with E-state index < -0.39 is 183 Å². The molecule has 1 aromatic heterocycles. The molecule has 4 saturated heterocycles. The van der Waals surface area contributed by atoms with E-state index in [0.717, 1.165) is 75.5 Å². The molecule has 3 aromatic carbocycles. The van der Waals surface area contributed by atoms with Crippen LogP contribution in [0.3, 0.4) is 0 Å². The number of nitrogens with one attached hydrogen (secondary N) is 6. The number of hydrogen-bond acceptors (Lipinski definition) is 22. The zero-order chi connectivity index (χ0) is 73.1. The molecule has 550 valence electrons. The van der Waals surface area contributed by atoms with Gasteiger partial charge in [-0.2, -0.15) is 0 Å². The van der Waals surface area contributed by atoms with Crippen molar-refractivity contribution in [2.75, 3.05) is 63.9 Å². The van der Waals surface area contributed by atoms with Gasteiger partial charge in [0.25, 0.3) is 5.91 Å². The molecule has 0 radical (unpaired) electrons. The quantitative estimate of drug-likeness (QED) is 0.0583. The summed E-state index contributed by atoms with van der Waals surface area (Å²) in [6, 6.07) is 7.70. The Morgan fingerprint density at radius 1 is 0.752 bits per heavy atom. The van der Waals surface area contributed by atoms with Crippen LogP contribution in [0.1, 0.15) is 109 Å². The molecule has 0 bridgehead atoms. The number of fused-ring (bicyclic) bond motifs is 2. The maximum Gasteiger partial charge on any atom is 0.407 e. The first-order chi connectivity index (χ1) is 47.9. The Kier molecular flexibility index (Phi) is 25.7. The molecule has 1 unspecified atom stereocenters. The molecule has 0 spiro atoms. The summed E-state index contributed by atoms with van der Waals surface area (Å²) in [5.41, 5.74) is 7.75. The van der Waals surface area contributed by atoms with E-state index in [1.165, 1.54) is 74.3 Å². The number of aliphatic hydroxyl groups excluding tert-OH is 6. The van der Waals surface area contributed by atoms with Crippen molar-refractivity contribution in [1.29, 1.82) is 0 Å². The van der Waals surface area contributed by atoms with Crippen LogP contribution in [0.2, 0.25) is 0 Å². The summed E-state index contributed by atoms with van der Waals surface area (Å²) < 4.78 is 11.0. The first kappa shape index (κ1) is 76.6. The number of rotatable bonds is 18. The minimum Gasteiger partial charge on any atom is -0.504 e. The molecule has 4 aromatic rings. The van der Waals surface area contributed by atoms with Crippen LogP contribution < -0.4 is 47.3 Å². The highest BCUT2D eigenvalue weighted by Gasteiger charge is 2.50. The molecule has 5 aliphatic rings. The number of phenolic OH excluding ortho intramolecular Hbond substituents is 1. The van der Waals surface area contributed by atoms with E-state index in [-0.39, 0.29) is 42.2 Å². The van der Waals surface area contributed by atoms with Crippen LogP contribution in [-0.2, 0) is 44.7 Å². The van der Waals surface area contributed by atoms with Crippen molar-refractivity contribution in [2.45, 2.75) is 184 Å². The van der Waals surface area contributed by atoms with Crippen LogP contribution in [0.15, 0.2) is 72.9 Å². The number of amides is 9. The van der Waals surface area contributed by atoms with E-state index in [1.54, 1.807) is 39.1 Å². The first-order valence-electron chi connectivity index (χ1n) is 34.5. The number of aromatic nitrogens is 1. The van der Waals surface area contributed by atoms with E-state index in [1.807, 2.05) is 0 Å². The molecule has 30 nitrogen and oxygen atoms in total. The summed E-state index contributed by atoms with van der Waals surface area (Å²) in [5.74, 6) is -9.71. The molecule has 1 saturated carbocycles. The lowest BCUT2D eigenvalue weighted by atomic mass is 9.86. The van der Waals surface area contributed by atoms with Crippen LogP contribution in [-0.4, -0.2) is 252 Å². The maximum atomic E-state index is 14.8. The van der Waals surface area contributed by atoms with Crippen molar-refractivity contribution in [1.82, 2.24) is 51.6 Å². The van der Waals surface area contributed by atoms with Crippen LogP contribution in [0.25, 0.3) is 21.0 Å². The number of alkyl carbamates (subject to hydrolysis) is 1. The number of anilines is 1. The fourth-order valence-corrected chi connectivity index (χ4v) is 14.4. The Labute approximate surface area is 589 Å². The van der Waals surface area contributed by atoms with Gasteiger partial charge in [0.2, 0.25) is 41.4 Å². The molecule has 13 atom stereocenters. The fraction of sp³-hybridized carbons (Fsp3) is 0.571. The fourth-order valence-electron chi connectivity index (χ4n) is 13.5. The second kappa shape index (κ2) is 33.9. The molecular weight excluding hydrogens is 1330 g/mol. The summed E-state index contributed by atoms with van der Waals surface area (Å²) in [6.07, 6.45) is -6.99. The standard InChI is InChI=1S/C70H96N12O18S/c1-37-8-17-44(18-9-37)79-23-25-80(26-24-79)45-19-15-43(16-20-45)66-74-34-54(101-66)41-11-13-42(14-12-41)61(91)75-48-30-46(84)33-73-65(95)59-60(90)38(2)35-82(59)68(97)58(52(88)32-55(71)89)78-64(94)57(77-63(93)49-31-47(85)36-81(49)67(96)56(39(3)83)76-62(48)92)51(87)28-40-10-21-50(86)53(29-40)99-27-7-22-72-69(98)100-70(4,5)6/h10-16,19-21,29,34,37-39,44,46-49,51-52,56-60,83-88,90H,7-9,17-18,22-28,30-33,35-36H2,1-6H3,(H2,71,89)(H,72,98)(H,73,95)(H,75,91)(H,76,92)(H,77,93)(H,78,94)/t37?,38-,39+,44?,46+,47+,48?,49-,51+,52+,56-,57-,58-,59-,60-/m0/s1. The molecule has 5 heterocycles. The third-order valence-corrected chi connectivity index (χ3v) is 20.2. The number of aliphatic hydroxyl groups is 6. The number of hydrogen-bond donors (Lipinski definition) is 14. The van der Waals surface area contributed by atoms with Crippen molar-refractivity contribution in [3.8, 4) is 32.5 Å². The number of benzene rings is 3. The molecule has 5 fully saturated rings. The maximum absolute atomic E-state index is 14.8. The zero-order valence-corrected chi connectivity index (χ0v) is 58.5. The van der Waals surface area contributed by atoms with Gasteiger partial charge in [0.1, 0.15) is 46.9 Å². The molecule has 4 aliphatic heterocycles. The number of nitrogens with zero attached hydrogens (tertiary/aromatic N) is 5. The predicted octanol–water partition coefficient (Wildman–Crippen LogP) is 0.000900. The van der Waals surface area contributed by atoms with Gasteiger partial charge < -0.3 is 97.6 Å². The minimum absolute atomic E-state index is 0.0448. The smallest absolute Gasteiger partial charge is 0.407 e. The Balaban J connectivity index is 0.942. The van der Waals surface area contributed by atoms with Crippen LogP contribution in [0.5, 0.6) is 11.5 Å². The van der Waals surface area contributed by atoms with Gasteiger partial charge in [0.15, 0.2) is 11.5 Å². The second-order valence-electron chi connectivity index (χ2n) is 28.2. The largest absolute Gasteiger partial charge is 0.504 e. The van der Waals surface area contributed by atoms with E-state index in [9.17, 15) is 78.9 Å². The highest BCUT2D eigenvalue weighted by atomic mass is 32.1. The van der Waals surface area contributed by atoms with Gasteiger partial charge in [-0.15, -0.1) is 11.3 Å². The molecule has 101 heavy (non-hydrogen) atoms. The molecule has 9 rings (SSSR count). The number of aromatic hydroxyl groups is 1. The Morgan fingerprint density at radius 2 is 1.41 bits per heavy atom. The van der Waals surface area contributed by atoms with Crippen LogP contribution in [0, 0.1) is 11.8 Å². The average Bonchev–Trinajstić information content (AvgIpc) is 1.68. The Hall–Kier alpha value is -8.56. The summed E-state index contributed by atoms with van der Waals surface area (Å²) in [7, 11) is 0. The van der Waals surface area contributed by atoms with Gasteiger partial charge in [-0.05, 0) is 125 Å². The first-order valence-corrected chi connectivity index (χ1v) is 35.3. The number of phenols is 1. The topological polar surface area (TPSA) is 438 Å². The predicted molar refractivity (Wildman–Crippen MR) is 369 cm³/mol. The summed E-state index contributed by atoms with van der Waals surface area (Å²) >= 11 is 1.45. The van der Waals surface area contributed by atoms with Crippen molar-refractivity contribution in [3.05, 3.63) is 84.1 Å². The highest BCUT2D eigenvalue weighted by Crippen LogP contribution is 2.35. The van der Waals surface area contributed by atoms with Gasteiger partial charge in [0.05, 0.1) is 54.5 Å². The van der Waals surface area contributed by atoms with Crippen molar-refractivity contribution >= 4 is 70.4 Å². The van der Waals surface area contributed by atoms with E-state index in [0.29, 0.717) is 6.04 Å². The monoisotopic (exact) mass is 1420 g/mol. The molecule has 31 heteroatoms. The van der Waals surface area contributed by atoms with Crippen LogP contribution in [0.4, 0.5) is 10.5 Å². The lowest BCUT2D eigenvalue weighted by Crippen LogP contribution is -2.64. The van der Waals surface area contributed by atoms with E-state index in [2.05, 4.69) is 72.9 Å². The summed E-state index contributed by atoms with van der Waals surface area (Å²) in [5, 5.41) is 95.4. The molecule has 1 aliphatic carbocycles. The zero-order valence-electron chi connectivity index (χ0n) is 57.7. The number of β-amino-alcohol motifs (C(OH)–C–C–N with tert-alkyl or cyclic N) is 1. The molecule has 15 N–H and O–H groups in total. The van der Waals surface area contributed by atoms with Gasteiger partial charge in [0, 0.05) is 107 Å². The lowest BCUT2D eigenvalue weighted by Gasteiger charge is -2.42. The van der Waals surface area contributed by atoms with Gasteiger partial charge in [-0.1, -0.05) is 32.0 Å². The van der Waals surface area contributed by atoms with Gasteiger partial charge in [-0.25, -0.2) is 9.78 Å². The number of nitrogens with two attached hydrogens (primary N) is 1. The third kappa shape index (κ3) is 20.0. The number of ether oxygens (including phenoxy) is 2. The van der Waals surface area contributed by atoms with Crippen molar-refractivity contribution < 1.29 is 88.4 Å². The normalized spacial score (nSPS) is 27.1. The SMILES string of the molecule is CC1CCC(N2CCN(c3ccc(-c4ncc(-c5ccc(C(=O)NC6C[C@@H](O)CNC(=O)[C@@H]7[C@@H](O)[C@@H](C)CN7C(=O)[C@H]([C@H](O)CC(N)=O)NC(=O)[C@H]([C@H](O)Cc7ccc(O)c(OCCCNC(=O)OC(C)(C)C)c7)NC(=O)[C@@H]7C[C@@H](O)CN7C(=O)[C@H]([C@@H](C)O)NC6=O)cc5)s4)cc3)CC2)CC1. The summed E-state index contributed by atoms with van der Waals surface area (Å²) in [6.45, 7) is 12.5. The third-order valence-electron chi connectivity index (χ3n) is 19.1. The number of piperazine rings is 1. The van der Waals surface area contributed by atoms with E-state index in [4.69, 9.17) is 20.2 Å². The van der Waals surface area contributed by atoms with Gasteiger partial charge >= 0.3 is 6.09 Å². The summed E-state index contributed by atoms with van der Waals surface area (Å²) in [4.78, 5) is 139. The van der Waals surface area contributed by atoms with E-state index >= 15 is 0 Å².